The average molecular weight is 374 g/mol. The second-order valence-electron chi connectivity index (χ2n) is 6.96. The van der Waals surface area contributed by atoms with Crippen LogP contribution in [0.4, 0.5) is 5.69 Å². The van der Waals surface area contributed by atoms with E-state index in [1.54, 1.807) is 0 Å². The van der Waals surface area contributed by atoms with Crippen LogP contribution in [0.5, 0.6) is 0 Å². The number of rotatable bonds is 6. The summed E-state index contributed by atoms with van der Waals surface area (Å²) in [6.45, 7) is 6.44. The zero-order valence-corrected chi connectivity index (χ0v) is 16.3. The van der Waals surface area contributed by atoms with Crippen molar-refractivity contribution in [2.24, 2.45) is 0 Å². The highest BCUT2D eigenvalue weighted by Gasteiger charge is 2.15. The van der Waals surface area contributed by atoms with E-state index in [-0.39, 0.29) is 5.75 Å². The summed E-state index contributed by atoms with van der Waals surface area (Å²) in [5.41, 5.74) is 4.00. The minimum Gasteiger partial charge on any atom is -0.369 e. The Kier molecular flexibility index (Phi) is 5.96. The van der Waals surface area contributed by atoms with E-state index in [9.17, 15) is 8.42 Å². The number of nitrogens with one attached hydrogen (secondary N) is 1. The molecule has 0 unspecified atom stereocenters. The van der Waals surface area contributed by atoms with E-state index < -0.39 is 10.0 Å². The van der Waals surface area contributed by atoms with Crippen molar-refractivity contribution in [2.75, 3.05) is 38.1 Å². The Morgan fingerprint density at radius 2 is 1.62 bits per heavy atom. The summed E-state index contributed by atoms with van der Waals surface area (Å²) in [6.07, 6.45) is 0. The van der Waals surface area contributed by atoms with Gasteiger partial charge in [0.25, 0.3) is 0 Å². The molecule has 0 saturated carbocycles. The summed E-state index contributed by atoms with van der Waals surface area (Å²) in [6, 6.07) is 15.7. The van der Waals surface area contributed by atoms with Gasteiger partial charge in [-0.3, -0.25) is 0 Å². The van der Waals surface area contributed by atoms with Gasteiger partial charge in [-0.1, -0.05) is 36.4 Å². The van der Waals surface area contributed by atoms with Crippen LogP contribution in [-0.2, 0) is 22.3 Å². The fourth-order valence-electron chi connectivity index (χ4n) is 3.11. The summed E-state index contributed by atoms with van der Waals surface area (Å²) in [7, 11) is -1.22. The molecule has 1 fully saturated rings. The molecule has 1 aliphatic rings. The lowest BCUT2D eigenvalue weighted by molar-refractivity contribution is 0.313. The lowest BCUT2D eigenvalue weighted by Crippen LogP contribution is -2.44. The maximum atomic E-state index is 12.3. The molecule has 0 spiro atoms. The third kappa shape index (κ3) is 5.06. The van der Waals surface area contributed by atoms with Gasteiger partial charge in [-0.2, -0.15) is 0 Å². The van der Waals surface area contributed by atoms with Crippen LogP contribution in [-0.4, -0.2) is 46.5 Å². The highest BCUT2D eigenvalue weighted by Crippen LogP contribution is 2.17. The van der Waals surface area contributed by atoms with Crippen molar-refractivity contribution in [2.45, 2.75) is 19.2 Å². The van der Waals surface area contributed by atoms with Crippen molar-refractivity contribution in [3.05, 3.63) is 65.2 Å². The molecular weight excluding hydrogens is 346 g/mol. The van der Waals surface area contributed by atoms with Gasteiger partial charge in [0.05, 0.1) is 5.75 Å². The number of aryl methyl sites for hydroxylation is 1. The first-order chi connectivity index (χ1) is 12.4. The van der Waals surface area contributed by atoms with Crippen LogP contribution in [0.3, 0.4) is 0 Å². The third-order valence-electron chi connectivity index (χ3n) is 4.91. The second kappa shape index (κ2) is 8.20. The maximum Gasteiger partial charge on any atom is 0.216 e. The average Bonchev–Trinajstić information content (AvgIpc) is 2.63. The number of nitrogens with zero attached hydrogens (tertiary/aromatic N) is 2. The molecule has 0 amide bonds. The minimum absolute atomic E-state index is 0.0129. The Labute approximate surface area is 156 Å². The molecule has 0 bridgehead atoms. The highest BCUT2D eigenvalue weighted by atomic mass is 32.2. The topological polar surface area (TPSA) is 52.7 Å². The van der Waals surface area contributed by atoms with E-state index >= 15 is 0 Å². The summed E-state index contributed by atoms with van der Waals surface area (Å²) in [4.78, 5) is 4.69. The lowest BCUT2D eigenvalue weighted by atomic mass is 10.1. The van der Waals surface area contributed by atoms with Crippen LogP contribution in [0.15, 0.2) is 48.5 Å². The molecule has 0 aliphatic carbocycles. The standard InChI is InChI=1S/C20H27N3O2S/c1-17-5-3-4-6-19(17)16-26(24,25)21-15-18-7-9-20(10-8-18)23-13-11-22(2)12-14-23/h3-10,21H,11-16H2,1-2H3. The molecule has 1 saturated heterocycles. The first kappa shape index (κ1) is 18.9. The van der Waals surface area contributed by atoms with Crippen molar-refractivity contribution in [1.82, 2.24) is 9.62 Å². The Morgan fingerprint density at radius 1 is 0.962 bits per heavy atom. The normalized spacial score (nSPS) is 16.0. The number of hydrogen-bond acceptors (Lipinski definition) is 4. The molecule has 0 atom stereocenters. The molecule has 1 N–H and O–H groups in total. The summed E-state index contributed by atoms with van der Waals surface area (Å²) >= 11 is 0. The quantitative estimate of drug-likeness (QED) is 0.845. The Morgan fingerprint density at radius 3 is 2.27 bits per heavy atom. The van der Waals surface area contributed by atoms with Gasteiger partial charge in [-0.25, -0.2) is 13.1 Å². The van der Waals surface area contributed by atoms with Gasteiger partial charge >= 0.3 is 0 Å². The molecule has 0 radical (unpaired) electrons. The van der Waals surface area contributed by atoms with Gasteiger partial charge < -0.3 is 9.80 Å². The number of piperazine rings is 1. The van der Waals surface area contributed by atoms with Crippen LogP contribution in [0.2, 0.25) is 0 Å². The van der Waals surface area contributed by atoms with E-state index in [0.29, 0.717) is 6.54 Å². The van der Waals surface area contributed by atoms with E-state index in [4.69, 9.17) is 0 Å². The molecular formula is C20H27N3O2S. The van der Waals surface area contributed by atoms with Gasteiger partial charge in [0.2, 0.25) is 10.0 Å². The van der Waals surface area contributed by atoms with Gasteiger partial charge in [0.15, 0.2) is 0 Å². The van der Waals surface area contributed by atoms with Crippen molar-refractivity contribution in [3.63, 3.8) is 0 Å². The smallest absolute Gasteiger partial charge is 0.216 e. The zero-order valence-electron chi connectivity index (χ0n) is 15.5. The zero-order chi connectivity index (χ0) is 18.6. The lowest BCUT2D eigenvalue weighted by Gasteiger charge is -2.34. The maximum absolute atomic E-state index is 12.3. The predicted molar refractivity (Wildman–Crippen MR) is 107 cm³/mol. The SMILES string of the molecule is Cc1ccccc1CS(=O)(=O)NCc1ccc(N2CCN(C)CC2)cc1. The Hall–Kier alpha value is -1.89. The predicted octanol–water partition coefficient (Wildman–Crippen LogP) is 2.37. The summed E-state index contributed by atoms with van der Waals surface area (Å²) < 4.78 is 27.4. The monoisotopic (exact) mass is 373 g/mol. The third-order valence-corrected chi connectivity index (χ3v) is 6.18. The van der Waals surface area contributed by atoms with Crippen LogP contribution < -0.4 is 9.62 Å². The molecule has 6 heteroatoms. The Balaban J connectivity index is 1.56. The number of hydrogen-bond donors (Lipinski definition) is 1. The van der Waals surface area contributed by atoms with Crippen LogP contribution in [0, 0.1) is 6.92 Å². The van der Waals surface area contributed by atoms with E-state index in [1.165, 1.54) is 5.69 Å². The van der Waals surface area contributed by atoms with E-state index in [1.807, 2.05) is 43.3 Å². The number of likely N-dealkylation sites (N-methyl/N-ethyl adjacent to an activating group) is 1. The van der Waals surface area contributed by atoms with Crippen LogP contribution in [0.25, 0.3) is 0 Å². The van der Waals surface area contributed by atoms with Crippen LogP contribution in [0.1, 0.15) is 16.7 Å². The molecule has 26 heavy (non-hydrogen) atoms. The van der Waals surface area contributed by atoms with Crippen LogP contribution >= 0.6 is 0 Å². The van der Waals surface area contributed by atoms with E-state index in [2.05, 4.69) is 33.7 Å². The molecule has 2 aromatic carbocycles. The molecule has 0 aromatic heterocycles. The summed E-state index contributed by atoms with van der Waals surface area (Å²) in [5, 5.41) is 0. The van der Waals surface area contributed by atoms with Gasteiger partial charge in [0, 0.05) is 38.4 Å². The number of sulfonamides is 1. The highest BCUT2D eigenvalue weighted by molar-refractivity contribution is 7.88. The van der Waals surface area contributed by atoms with Gasteiger partial charge in [-0.15, -0.1) is 0 Å². The number of benzene rings is 2. The molecule has 140 valence electrons. The van der Waals surface area contributed by atoms with Crippen molar-refractivity contribution < 1.29 is 8.42 Å². The molecule has 2 aromatic rings. The largest absolute Gasteiger partial charge is 0.369 e. The number of anilines is 1. The first-order valence-corrected chi connectivity index (χ1v) is 10.6. The van der Waals surface area contributed by atoms with Crippen molar-refractivity contribution in [1.29, 1.82) is 0 Å². The molecule has 3 rings (SSSR count). The minimum atomic E-state index is -3.36. The first-order valence-electron chi connectivity index (χ1n) is 8.97. The molecule has 5 nitrogen and oxygen atoms in total. The molecule has 1 heterocycles. The summed E-state index contributed by atoms with van der Waals surface area (Å²) in [5.74, 6) is 0.0129. The fraction of sp³-hybridized carbons (Fsp3) is 0.400. The van der Waals surface area contributed by atoms with E-state index in [0.717, 1.165) is 42.9 Å². The fourth-order valence-corrected chi connectivity index (χ4v) is 4.33. The second-order valence-corrected chi connectivity index (χ2v) is 8.77. The van der Waals surface area contributed by atoms with Gasteiger partial charge in [-0.05, 0) is 42.8 Å². The Bertz CT molecular complexity index is 826. The van der Waals surface area contributed by atoms with Crippen molar-refractivity contribution >= 4 is 15.7 Å². The molecule has 1 aliphatic heterocycles. The van der Waals surface area contributed by atoms with Gasteiger partial charge in [0.1, 0.15) is 0 Å². The van der Waals surface area contributed by atoms with Crippen molar-refractivity contribution in [3.8, 4) is 0 Å².